The van der Waals surface area contributed by atoms with Crippen LogP contribution in [0.25, 0.3) is 22.0 Å². The van der Waals surface area contributed by atoms with Crippen LogP contribution in [-0.4, -0.2) is 41.1 Å². The summed E-state index contributed by atoms with van der Waals surface area (Å²) in [6.07, 6.45) is 0. The molecule has 194 valence electrons. The number of thioether (sulfide) groups is 1. The number of fused-ring (bicyclic) bond motifs is 2. The summed E-state index contributed by atoms with van der Waals surface area (Å²) in [5.41, 5.74) is 2.62. The number of carbonyl (C=O) groups is 2. The minimum atomic E-state index is -0.681. The number of ether oxygens (including phenoxy) is 3. The number of benzene rings is 3. The highest BCUT2D eigenvalue weighted by molar-refractivity contribution is 7.99. The van der Waals surface area contributed by atoms with Crippen LogP contribution in [-0.2, 0) is 11.3 Å². The van der Waals surface area contributed by atoms with Crippen molar-refractivity contribution in [3.63, 3.8) is 0 Å². The number of hydrogen-bond donors (Lipinski definition) is 2. The van der Waals surface area contributed by atoms with Gasteiger partial charge in [-0.2, -0.15) is 0 Å². The van der Waals surface area contributed by atoms with Gasteiger partial charge in [0.2, 0.25) is 12.7 Å². The summed E-state index contributed by atoms with van der Waals surface area (Å²) in [7, 11) is 1.61. The Hall–Kier alpha value is -4.51. The van der Waals surface area contributed by atoms with Gasteiger partial charge in [-0.05, 0) is 54.4 Å². The van der Waals surface area contributed by atoms with E-state index < -0.39 is 11.9 Å². The van der Waals surface area contributed by atoms with E-state index in [0.29, 0.717) is 39.8 Å². The fourth-order valence-electron chi connectivity index (χ4n) is 3.98. The van der Waals surface area contributed by atoms with Crippen molar-refractivity contribution < 1.29 is 23.8 Å². The molecule has 0 bridgehead atoms. The molecule has 3 aromatic carbocycles. The molecule has 3 amide bonds. The van der Waals surface area contributed by atoms with Gasteiger partial charge >= 0.3 is 6.03 Å². The van der Waals surface area contributed by atoms with E-state index in [2.05, 4.69) is 15.6 Å². The van der Waals surface area contributed by atoms with Gasteiger partial charge in [-0.3, -0.25) is 19.5 Å². The van der Waals surface area contributed by atoms with Crippen molar-refractivity contribution in [2.45, 2.75) is 18.6 Å². The Bertz CT molecular complexity index is 1590. The highest BCUT2D eigenvalue weighted by Gasteiger charge is 2.17. The van der Waals surface area contributed by atoms with Crippen molar-refractivity contribution in [1.82, 2.24) is 14.9 Å². The third-order valence-electron chi connectivity index (χ3n) is 5.87. The Balaban J connectivity index is 1.27. The molecule has 5 rings (SSSR count). The van der Waals surface area contributed by atoms with E-state index in [9.17, 15) is 14.4 Å². The molecule has 0 saturated heterocycles. The van der Waals surface area contributed by atoms with Gasteiger partial charge in [-0.15, -0.1) is 0 Å². The molecule has 10 nitrogen and oxygen atoms in total. The van der Waals surface area contributed by atoms with Crippen LogP contribution in [0.4, 0.5) is 10.5 Å². The summed E-state index contributed by atoms with van der Waals surface area (Å²) >= 11 is 1.09. The van der Waals surface area contributed by atoms with Gasteiger partial charge in [0.25, 0.3) is 5.56 Å². The number of aromatic nitrogens is 2. The summed E-state index contributed by atoms with van der Waals surface area (Å²) in [5.74, 6) is 1.22. The summed E-state index contributed by atoms with van der Waals surface area (Å²) in [4.78, 5) is 42.6. The average molecular weight is 533 g/mol. The predicted molar refractivity (Wildman–Crippen MR) is 144 cm³/mol. The van der Waals surface area contributed by atoms with Crippen LogP contribution in [0, 0.1) is 0 Å². The molecular formula is C27H24N4O6S. The van der Waals surface area contributed by atoms with Gasteiger partial charge in [0.05, 0.1) is 23.8 Å². The molecule has 1 aromatic heterocycles. The van der Waals surface area contributed by atoms with Crippen molar-refractivity contribution in [3.8, 4) is 28.4 Å². The van der Waals surface area contributed by atoms with Crippen molar-refractivity contribution in [1.29, 1.82) is 0 Å². The molecular weight excluding hydrogens is 508 g/mol. The Labute approximate surface area is 221 Å². The topological polar surface area (TPSA) is 121 Å². The zero-order chi connectivity index (χ0) is 26.6. The summed E-state index contributed by atoms with van der Waals surface area (Å²) in [6, 6.07) is 17.3. The van der Waals surface area contributed by atoms with Crippen LogP contribution < -0.4 is 30.4 Å². The van der Waals surface area contributed by atoms with E-state index >= 15 is 0 Å². The molecule has 0 radical (unpaired) electrons. The van der Waals surface area contributed by atoms with Gasteiger partial charge in [0.15, 0.2) is 16.7 Å². The first kappa shape index (κ1) is 25.2. The van der Waals surface area contributed by atoms with Gasteiger partial charge in [-0.1, -0.05) is 30.0 Å². The zero-order valence-corrected chi connectivity index (χ0v) is 21.5. The molecule has 2 N–H and O–H groups in total. The standard InChI is InChI=1S/C27H24N4O6S/c1-3-31-25(33)20-12-17(16-4-8-19(35-2)9-5-16)6-10-21(20)29-27(31)38-14-24(32)30-26(34)28-18-7-11-22-23(13-18)37-15-36-22/h4-13H,3,14-15H2,1-2H3,(H2,28,30,32,34). The van der Waals surface area contributed by atoms with E-state index in [0.717, 1.165) is 28.6 Å². The Morgan fingerprint density at radius 3 is 2.55 bits per heavy atom. The monoisotopic (exact) mass is 532 g/mol. The highest BCUT2D eigenvalue weighted by atomic mass is 32.2. The number of nitrogens with zero attached hydrogens (tertiary/aromatic N) is 2. The molecule has 0 aliphatic carbocycles. The number of nitrogens with one attached hydrogen (secondary N) is 2. The van der Waals surface area contributed by atoms with Crippen LogP contribution in [0.2, 0.25) is 0 Å². The van der Waals surface area contributed by atoms with Crippen molar-refractivity contribution in [2.24, 2.45) is 0 Å². The quantitative estimate of drug-likeness (QED) is 0.268. The minimum Gasteiger partial charge on any atom is -0.497 e. The largest absolute Gasteiger partial charge is 0.497 e. The third kappa shape index (κ3) is 5.28. The van der Waals surface area contributed by atoms with Crippen LogP contribution in [0.5, 0.6) is 17.2 Å². The number of imide groups is 1. The Morgan fingerprint density at radius 1 is 1.03 bits per heavy atom. The molecule has 0 spiro atoms. The highest BCUT2D eigenvalue weighted by Crippen LogP contribution is 2.34. The summed E-state index contributed by atoms with van der Waals surface area (Å²) in [6.45, 7) is 2.34. The second-order valence-electron chi connectivity index (χ2n) is 8.26. The van der Waals surface area contributed by atoms with E-state index in [1.54, 1.807) is 31.4 Å². The first-order valence-corrected chi connectivity index (χ1v) is 12.8. The number of rotatable bonds is 7. The first-order chi connectivity index (χ1) is 18.4. The van der Waals surface area contributed by atoms with Crippen molar-refractivity contribution >= 4 is 40.3 Å². The normalized spacial score (nSPS) is 11.8. The fraction of sp³-hybridized carbons (Fsp3) is 0.185. The van der Waals surface area contributed by atoms with Gasteiger partial charge in [0.1, 0.15) is 5.75 Å². The van der Waals surface area contributed by atoms with Gasteiger partial charge in [0, 0.05) is 18.3 Å². The van der Waals surface area contributed by atoms with Crippen LogP contribution in [0.15, 0.2) is 70.6 Å². The molecule has 11 heteroatoms. The Morgan fingerprint density at radius 2 is 1.79 bits per heavy atom. The maximum absolute atomic E-state index is 13.3. The van der Waals surface area contributed by atoms with Crippen LogP contribution in [0.1, 0.15) is 6.92 Å². The maximum atomic E-state index is 13.3. The lowest BCUT2D eigenvalue weighted by atomic mass is 10.0. The predicted octanol–water partition coefficient (Wildman–Crippen LogP) is 4.26. The molecule has 1 aliphatic heterocycles. The number of carbonyl (C=O) groups excluding carboxylic acids is 2. The smallest absolute Gasteiger partial charge is 0.325 e. The van der Waals surface area contributed by atoms with E-state index in [1.165, 1.54) is 4.57 Å². The number of hydrogen-bond acceptors (Lipinski definition) is 8. The molecule has 0 atom stereocenters. The molecule has 0 unspecified atom stereocenters. The third-order valence-corrected chi connectivity index (χ3v) is 6.85. The lowest BCUT2D eigenvalue weighted by Gasteiger charge is -2.12. The lowest BCUT2D eigenvalue weighted by Crippen LogP contribution is -2.35. The van der Waals surface area contributed by atoms with Gasteiger partial charge in [-0.25, -0.2) is 9.78 Å². The SMILES string of the molecule is CCn1c(SCC(=O)NC(=O)Nc2ccc3c(c2)OCO3)nc2ccc(-c3ccc(OC)cc3)cc2c1=O. The van der Waals surface area contributed by atoms with Crippen LogP contribution >= 0.6 is 11.8 Å². The molecule has 38 heavy (non-hydrogen) atoms. The van der Waals surface area contributed by atoms with Crippen LogP contribution in [0.3, 0.4) is 0 Å². The first-order valence-electron chi connectivity index (χ1n) is 11.8. The van der Waals surface area contributed by atoms with Crippen molar-refractivity contribution in [2.75, 3.05) is 25.0 Å². The molecule has 0 fully saturated rings. The number of amides is 3. The van der Waals surface area contributed by atoms with E-state index in [1.807, 2.05) is 43.3 Å². The lowest BCUT2D eigenvalue weighted by molar-refractivity contribution is -0.117. The van der Waals surface area contributed by atoms with E-state index in [-0.39, 0.29) is 18.1 Å². The second kappa shape index (κ2) is 10.9. The van der Waals surface area contributed by atoms with Gasteiger partial charge < -0.3 is 19.5 Å². The molecule has 0 saturated carbocycles. The zero-order valence-electron chi connectivity index (χ0n) is 20.6. The molecule has 2 heterocycles. The average Bonchev–Trinajstić information content (AvgIpc) is 3.40. The minimum absolute atomic E-state index is 0.101. The fourth-order valence-corrected chi connectivity index (χ4v) is 4.85. The number of urea groups is 1. The molecule has 1 aliphatic rings. The summed E-state index contributed by atoms with van der Waals surface area (Å²) < 4.78 is 17.3. The molecule has 4 aromatic rings. The number of methoxy groups -OCH3 is 1. The second-order valence-corrected chi connectivity index (χ2v) is 9.21. The Kier molecular flexibility index (Phi) is 7.18. The van der Waals surface area contributed by atoms with E-state index in [4.69, 9.17) is 14.2 Å². The maximum Gasteiger partial charge on any atom is 0.325 e. The summed E-state index contributed by atoms with van der Waals surface area (Å²) in [5, 5.41) is 5.75. The number of anilines is 1. The van der Waals surface area contributed by atoms with Crippen molar-refractivity contribution in [3.05, 3.63) is 71.0 Å².